The second kappa shape index (κ2) is 6.03. The number of carbonyl (C=O) groups excluding carboxylic acids is 1. The molecule has 1 aliphatic rings. The summed E-state index contributed by atoms with van der Waals surface area (Å²) in [6.45, 7) is 6.70. The fraction of sp³-hybridized carbons (Fsp3) is 0.562. The maximum Gasteiger partial charge on any atom is 0.256 e. The molecule has 0 radical (unpaired) electrons. The van der Waals surface area contributed by atoms with Crippen molar-refractivity contribution >= 4 is 11.6 Å². The third-order valence-corrected chi connectivity index (χ3v) is 3.65. The van der Waals surface area contributed by atoms with Crippen LogP contribution in [-0.4, -0.2) is 54.4 Å². The summed E-state index contributed by atoms with van der Waals surface area (Å²) in [7, 11) is 1.81. The molecule has 0 bridgehead atoms. The number of carbonyl (C=O) groups is 1. The van der Waals surface area contributed by atoms with Gasteiger partial charge in [0.25, 0.3) is 5.91 Å². The Kier molecular flexibility index (Phi) is 4.54. The van der Waals surface area contributed by atoms with Crippen LogP contribution in [0.1, 0.15) is 29.8 Å². The van der Waals surface area contributed by atoms with Gasteiger partial charge in [-0.2, -0.15) is 0 Å². The van der Waals surface area contributed by atoms with E-state index in [1.54, 1.807) is 4.90 Å². The average Bonchev–Trinajstić information content (AvgIpc) is 2.44. The van der Waals surface area contributed by atoms with E-state index < -0.39 is 5.60 Å². The van der Waals surface area contributed by atoms with Gasteiger partial charge in [-0.05, 0) is 38.5 Å². The third kappa shape index (κ3) is 3.54. The van der Waals surface area contributed by atoms with Crippen molar-refractivity contribution in [1.29, 1.82) is 0 Å². The van der Waals surface area contributed by atoms with E-state index >= 15 is 0 Å². The van der Waals surface area contributed by atoms with Crippen LogP contribution in [0.4, 0.5) is 5.69 Å². The van der Waals surface area contributed by atoms with Crippen LogP contribution < -0.4 is 5.32 Å². The maximum absolute atomic E-state index is 12.8. The van der Waals surface area contributed by atoms with E-state index in [0.717, 1.165) is 11.3 Å². The molecule has 5 nitrogen and oxygen atoms in total. The summed E-state index contributed by atoms with van der Waals surface area (Å²) in [5.41, 5.74) is 2.13. The number of amides is 1. The molecule has 1 unspecified atom stereocenters. The molecule has 1 atom stereocenters. The zero-order valence-electron chi connectivity index (χ0n) is 13.1. The molecule has 116 valence electrons. The van der Waals surface area contributed by atoms with Gasteiger partial charge in [0.15, 0.2) is 0 Å². The first-order valence-corrected chi connectivity index (χ1v) is 7.22. The zero-order valence-corrected chi connectivity index (χ0v) is 13.1. The summed E-state index contributed by atoms with van der Waals surface area (Å²) in [5.74, 6) is -0.0332. The van der Waals surface area contributed by atoms with Crippen LogP contribution in [-0.2, 0) is 4.74 Å². The number of aryl methyl sites for hydroxylation is 1. The zero-order chi connectivity index (χ0) is 15.6. The van der Waals surface area contributed by atoms with Crippen LogP contribution >= 0.6 is 0 Å². The Balaban J connectivity index is 2.27. The predicted molar refractivity (Wildman–Crippen MR) is 82.7 cm³/mol. The van der Waals surface area contributed by atoms with Crippen LogP contribution in [0.15, 0.2) is 18.2 Å². The van der Waals surface area contributed by atoms with Crippen molar-refractivity contribution in [2.75, 3.05) is 32.1 Å². The Labute approximate surface area is 125 Å². The van der Waals surface area contributed by atoms with Crippen molar-refractivity contribution in [2.45, 2.75) is 32.5 Å². The molecule has 1 aromatic carbocycles. The molecule has 2 N–H and O–H groups in total. The van der Waals surface area contributed by atoms with Crippen molar-refractivity contribution in [2.24, 2.45) is 0 Å². The van der Waals surface area contributed by atoms with Crippen molar-refractivity contribution in [1.82, 2.24) is 4.90 Å². The summed E-state index contributed by atoms with van der Waals surface area (Å²) in [6.07, 6.45) is -0.332. The standard InChI is InChI=1S/C16H24N2O3/c1-11-5-6-13(14(7-11)17-4)15(20)18-8-12(9-19)21-16(2,3)10-18/h5-7,12,17,19H,8-10H2,1-4H3. The van der Waals surface area contributed by atoms with Crippen LogP contribution in [0.25, 0.3) is 0 Å². The van der Waals surface area contributed by atoms with Gasteiger partial charge in [0.2, 0.25) is 0 Å². The highest BCUT2D eigenvalue weighted by Gasteiger charge is 2.36. The van der Waals surface area contributed by atoms with E-state index in [1.807, 2.05) is 46.0 Å². The number of anilines is 1. The minimum Gasteiger partial charge on any atom is -0.394 e. The Hall–Kier alpha value is -1.59. The lowest BCUT2D eigenvalue weighted by Crippen LogP contribution is -2.55. The topological polar surface area (TPSA) is 61.8 Å². The molecular formula is C16H24N2O3. The molecular weight excluding hydrogens is 268 g/mol. The summed E-state index contributed by atoms with van der Waals surface area (Å²) >= 11 is 0. The predicted octanol–water partition coefficient (Wildman–Crippen LogP) is 1.65. The first-order chi connectivity index (χ1) is 9.86. The molecule has 1 saturated heterocycles. The molecule has 5 heteroatoms. The van der Waals surface area contributed by atoms with Crippen molar-refractivity contribution in [3.63, 3.8) is 0 Å². The fourth-order valence-corrected chi connectivity index (χ4v) is 2.77. The van der Waals surface area contributed by atoms with Crippen molar-refractivity contribution in [3.05, 3.63) is 29.3 Å². The van der Waals surface area contributed by atoms with Crippen molar-refractivity contribution < 1.29 is 14.6 Å². The smallest absolute Gasteiger partial charge is 0.256 e. The van der Waals surface area contributed by atoms with Gasteiger partial charge in [0, 0.05) is 25.8 Å². The number of nitrogens with one attached hydrogen (secondary N) is 1. The van der Waals surface area contributed by atoms with Gasteiger partial charge in [-0.15, -0.1) is 0 Å². The number of aliphatic hydroxyl groups is 1. The van der Waals surface area contributed by atoms with Crippen LogP contribution in [0.3, 0.4) is 0 Å². The van der Waals surface area contributed by atoms with Gasteiger partial charge < -0.3 is 20.1 Å². The van der Waals surface area contributed by atoms with Crippen LogP contribution in [0.2, 0.25) is 0 Å². The van der Waals surface area contributed by atoms with E-state index in [9.17, 15) is 9.90 Å². The molecule has 2 rings (SSSR count). The molecule has 21 heavy (non-hydrogen) atoms. The van der Waals surface area contributed by atoms with E-state index in [0.29, 0.717) is 18.7 Å². The first kappa shape index (κ1) is 15.8. The minimum absolute atomic E-state index is 0.0332. The van der Waals surface area contributed by atoms with Crippen LogP contribution in [0, 0.1) is 6.92 Å². The molecule has 1 fully saturated rings. The molecule has 1 heterocycles. The quantitative estimate of drug-likeness (QED) is 0.889. The Bertz CT molecular complexity index is 528. The van der Waals surface area contributed by atoms with Crippen LogP contribution in [0.5, 0.6) is 0 Å². The minimum atomic E-state index is -0.453. The molecule has 0 aromatic heterocycles. The van der Waals surface area contributed by atoms with Gasteiger partial charge in [-0.25, -0.2) is 0 Å². The average molecular weight is 292 g/mol. The van der Waals surface area contributed by atoms with E-state index in [4.69, 9.17) is 4.74 Å². The lowest BCUT2D eigenvalue weighted by molar-refractivity contribution is -0.139. The second-order valence-corrected chi connectivity index (χ2v) is 6.17. The monoisotopic (exact) mass is 292 g/mol. The number of ether oxygens (including phenoxy) is 1. The van der Waals surface area contributed by atoms with Gasteiger partial charge in [-0.1, -0.05) is 6.07 Å². The molecule has 0 saturated carbocycles. The summed E-state index contributed by atoms with van der Waals surface area (Å²) < 4.78 is 5.76. The highest BCUT2D eigenvalue weighted by atomic mass is 16.5. The summed E-state index contributed by atoms with van der Waals surface area (Å²) in [4.78, 5) is 14.5. The Morgan fingerprint density at radius 1 is 1.52 bits per heavy atom. The lowest BCUT2D eigenvalue weighted by Gasteiger charge is -2.42. The van der Waals surface area contributed by atoms with Gasteiger partial charge >= 0.3 is 0 Å². The first-order valence-electron chi connectivity index (χ1n) is 7.22. The SMILES string of the molecule is CNc1cc(C)ccc1C(=O)N1CC(CO)OC(C)(C)C1. The Morgan fingerprint density at radius 2 is 2.24 bits per heavy atom. The third-order valence-electron chi connectivity index (χ3n) is 3.65. The lowest BCUT2D eigenvalue weighted by atomic mass is 10.0. The van der Waals surface area contributed by atoms with E-state index in [1.165, 1.54) is 0 Å². The summed E-state index contributed by atoms with van der Waals surface area (Å²) in [6, 6.07) is 5.74. The summed E-state index contributed by atoms with van der Waals surface area (Å²) in [5, 5.41) is 12.4. The normalized spacial score (nSPS) is 21.2. The Morgan fingerprint density at radius 3 is 2.86 bits per heavy atom. The van der Waals surface area contributed by atoms with Gasteiger partial charge in [0.05, 0.1) is 23.9 Å². The number of hydrogen-bond donors (Lipinski definition) is 2. The number of hydrogen-bond acceptors (Lipinski definition) is 4. The molecule has 1 aromatic rings. The number of nitrogens with zero attached hydrogens (tertiary/aromatic N) is 1. The van der Waals surface area contributed by atoms with Gasteiger partial charge in [-0.3, -0.25) is 4.79 Å². The second-order valence-electron chi connectivity index (χ2n) is 6.17. The molecule has 0 aliphatic carbocycles. The number of benzene rings is 1. The fourth-order valence-electron chi connectivity index (χ4n) is 2.77. The van der Waals surface area contributed by atoms with Crippen molar-refractivity contribution in [3.8, 4) is 0 Å². The van der Waals surface area contributed by atoms with Gasteiger partial charge in [0.1, 0.15) is 0 Å². The number of morpholine rings is 1. The molecule has 1 amide bonds. The van der Waals surface area contributed by atoms with E-state index in [-0.39, 0.29) is 18.6 Å². The highest BCUT2D eigenvalue weighted by molar-refractivity contribution is 5.99. The molecule has 1 aliphatic heterocycles. The van der Waals surface area contributed by atoms with E-state index in [2.05, 4.69) is 5.32 Å². The number of rotatable bonds is 3. The highest BCUT2D eigenvalue weighted by Crippen LogP contribution is 2.25. The maximum atomic E-state index is 12.8. The molecule has 0 spiro atoms. The number of aliphatic hydroxyl groups excluding tert-OH is 1. The largest absolute Gasteiger partial charge is 0.394 e.